The molecule has 0 bridgehead atoms. The number of nitrogens with zero attached hydrogens (tertiary/aromatic N) is 2. The highest BCUT2D eigenvalue weighted by Gasteiger charge is 2.07. The Balaban J connectivity index is 2.12. The molecule has 0 saturated heterocycles. The number of hydrogen-bond acceptors (Lipinski definition) is 2. The van der Waals surface area contributed by atoms with Crippen LogP contribution in [0.1, 0.15) is 25.6 Å². The summed E-state index contributed by atoms with van der Waals surface area (Å²) in [7, 11) is 0. The van der Waals surface area contributed by atoms with Gasteiger partial charge in [-0.25, -0.2) is 4.98 Å². The van der Waals surface area contributed by atoms with Gasteiger partial charge in [0.25, 0.3) is 0 Å². The fraction of sp³-hybridized carbons (Fsp3) is 0.308. The van der Waals surface area contributed by atoms with Gasteiger partial charge in [-0.1, -0.05) is 29.3 Å². The minimum Gasteiger partial charge on any atom is -0.378 e. The molecular formula is C13H15Cl2N3. The van der Waals surface area contributed by atoms with Crippen molar-refractivity contribution in [2.24, 2.45) is 0 Å². The molecule has 1 heterocycles. The van der Waals surface area contributed by atoms with Crippen molar-refractivity contribution in [3.63, 3.8) is 0 Å². The number of anilines is 1. The molecule has 0 saturated carbocycles. The molecule has 0 aliphatic carbocycles. The smallest absolute Gasteiger partial charge is 0.0951 e. The number of aromatic nitrogens is 2. The van der Waals surface area contributed by atoms with E-state index in [1.165, 1.54) is 0 Å². The highest BCUT2D eigenvalue weighted by atomic mass is 35.5. The lowest BCUT2D eigenvalue weighted by Crippen LogP contribution is -2.09. The Labute approximate surface area is 117 Å². The van der Waals surface area contributed by atoms with Crippen LogP contribution in [0.4, 0.5) is 5.69 Å². The normalized spacial score (nSPS) is 10.9. The summed E-state index contributed by atoms with van der Waals surface area (Å²) in [5, 5.41) is 4.38. The molecule has 1 aromatic heterocycles. The van der Waals surface area contributed by atoms with Crippen molar-refractivity contribution in [1.82, 2.24) is 9.55 Å². The minimum atomic E-state index is 0.388. The lowest BCUT2D eigenvalue weighted by molar-refractivity contribution is 0.577. The van der Waals surface area contributed by atoms with Crippen LogP contribution in [0.2, 0.25) is 10.0 Å². The average Bonchev–Trinajstić information content (AvgIpc) is 2.79. The Hall–Kier alpha value is -1.19. The van der Waals surface area contributed by atoms with Gasteiger partial charge in [0.05, 0.1) is 34.3 Å². The van der Waals surface area contributed by atoms with Crippen LogP contribution in [0, 0.1) is 0 Å². The third kappa shape index (κ3) is 2.79. The molecule has 0 aliphatic rings. The zero-order chi connectivity index (χ0) is 13.1. The van der Waals surface area contributed by atoms with Gasteiger partial charge >= 0.3 is 0 Å². The third-order valence-electron chi connectivity index (χ3n) is 2.71. The van der Waals surface area contributed by atoms with Crippen LogP contribution in [0.5, 0.6) is 0 Å². The second-order valence-corrected chi connectivity index (χ2v) is 5.13. The van der Waals surface area contributed by atoms with Gasteiger partial charge < -0.3 is 9.88 Å². The van der Waals surface area contributed by atoms with E-state index in [0.717, 1.165) is 11.4 Å². The summed E-state index contributed by atoms with van der Waals surface area (Å²) >= 11 is 12.1. The van der Waals surface area contributed by atoms with Gasteiger partial charge in [-0.05, 0) is 26.0 Å². The van der Waals surface area contributed by atoms with Crippen LogP contribution >= 0.6 is 23.2 Å². The van der Waals surface area contributed by atoms with Crippen molar-refractivity contribution in [2.75, 3.05) is 5.32 Å². The minimum absolute atomic E-state index is 0.388. The molecule has 18 heavy (non-hydrogen) atoms. The summed E-state index contributed by atoms with van der Waals surface area (Å²) in [5.74, 6) is 0. The maximum Gasteiger partial charge on any atom is 0.0951 e. The molecular weight excluding hydrogens is 269 g/mol. The van der Waals surface area contributed by atoms with Crippen molar-refractivity contribution >= 4 is 28.9 Å². The third-order valence-corrected chi connectivity index (χ3v) is 3.53. The van der Waals surface area contributed by atoms with Gasteiger partial charge in [0.2, 0.25) is 0 Å². The second-order valence-electron chi connectivity index (χ2n) is 4.34. The Morgan fingerprint density at radius 3 is 2.83 bits per heavy atom. The molecule has 3 nitrogen and oxygen atoms in total. The molecule has 2 aromatic rings. The van der Waals surface area contributed by atoms with Crippen LogP contribution < -0.4 is 5.32 Å². The van der Waals surface area contributed by atoms with Crippen molar-refractivity contribution in [3.8, 4) is 0 Å². The van der Waals surface area contributed by atoms with Gasteiger partial charge in [0.1, 0.15) is 0 Å². The fourth-order valence-electron chi connectivity index (χ4n) is 1.76. The molecule has 2 rings (SSSR count). The zero-order valence-corrected chi connectivity index (χ0v) is 11.8. The van der Waals surface area contributed by atoms with E-state index in [9.17, 15) is 0 Å². The van der Waals surface area contributed by atoms with E-state index < -0.39 is 0 Å². The maximum atomic E-state index is 6.12. The number of hydrogen-bond donors (Lipinski definition) is 1. The first-order valence-electron chi connectivity index (χ1n) is 5.78. The summed E-state index contributed by atoms with van der Waals surface area (Å²) in [6.07, 6.45) is 3.69. The first-order valence-corrected chi connectivity index (χ1v) is 6.53. The average molecular weight is 284 g/mol. The number of halogens is 2. The summed E-state index contributed by atoms with van der Waals surface area (Å²) in [6.45, 7) is 4.91. The summed E-state index contributed by atoms with van der Waals surface area (Å²) < 4.78 is 2.12. The Bertz CT molecular complexity index is 535. The number of nitrogens with one attached hydrogen (secondary N) is 1. The Morgan fingerprint density at radius 1 is 1.33 bits per heavy atom. The molecule has 1 aromatic carbocycles. The number of rotatable bonds is 4. The Morgan fingerprint density at radius 2 is 2.11 bits per heavy atom. The van der Waals surface area contributed by atoms with Gasteiger partial charge in [-0.3, -0.25) is 0 Å². The molecule has 0 fully saturated rings. The molecule has 0 aliphatic heterocycles. The molecule has 1 N–H and O–H groups in total. The van der Waals surface area contributed by atoms with Crippen molar-refractivity contribution in [2.45, 2.75) is 26.4 Å². The molecule has 5 heteroatoms. The molecule has 0 amide bonds. The summed E-state index contributed by atoms with van der Waals surface area (Å²) in [4.78, 5) is 4.16. The van der Waals surface area contributed by atoms with Crippen LogP contribution in [-0.4, -0.2) is 9.55 Å². The topological polar surface area (TPSA) is 29.9 Å². The molecule has 96 valence electrons. The fourth-order valence-corrected chi connectivity index (χ4v) is 2.13. The van der Waals surface area contributed by atoms with Crippen LogP contribution in [0.3, 0.4) is 0 Å². The van der Waals surface area contributed by atoms with E-state index in [-0.39, 0.29) is 0 Å². The van der Waals surface area contributed by atoms with E-state index in [1.54, 1.807) is 6.07 Å². The standard InChI is InChI=1S/C13H15Cl2N3/c1-9(2)18-8-16-6-10(18)7-17-12-5-3-4-11(14)13(12)15/h3-6,8-9,17H,7H2,1-2H3. The van der Waals surface area contributed by atoms with E-state index in [2.05, 4.69) is 28.7 Å². The quantitative estimate of drug-likeness (QED) is 0.902. The molecule has 0 spiro atoms. The lowest BCUT2D eigenvalue weighted by atomic mass is 10.3. The maximum absolute atomic E-state index is 6.12. The lowest BCUT2D eigenvalue weighted by Gasteiger charge is -2.13. The highest BCUT2D eigenvalue weighted by molar-refractivity contribution is 6.43. The van der Waals surface area contributed by atoms with Crippen molar-refractivity contribution in [1.29, 1.82) is 0 Å². The molecule has 0 atom stereocenters. The summed E-state index contributed by atoms with van der Waals surface area (Å²) in [5.41, 5.74) is 1.95. The van der Waals surface area contributed by atoms with E-state index in [0.29, 0.717) is 22.6 Å². The predicted octanol–water partition coefficient (Wildman–Crippen LogP) is 4.38. The van der Waals surface area contributed by atoms with Crippen molar-refractivity contribution < 1.29 is 0 Å². The van der Waals surface area contributed by atoms with Crippen molar-refractivity contribution in [3.05, 3.63) is 46.5 Å². The summed E-state index contributed by atoms with van der Waals surface area (Å²) in [6, 6.07) is 5.94. The molecule has 0 radical (unpaired) electrons. The number of imidazole rings is 1. The van der Waals surface area contributed by atoms with Crippen LogP contribution in [0.25, 0.3) is 0 Å². The van der Waals surface area contributed by atoms with E-state index in [1.807, 2.05) is 24.7 Å². The molecule has 0 unspecified atom stereocenters. The van der Waals surface area contributed by atoms with Gasteiger partial charge in [0, 0.05) is 12.2 Å². The number of benzene rings is 1. The first-order chi connectivity index (χ1) is 8.59. The SMILES string of the molecule is CC(C)n1cncc1CNc1cccc(Cl)c1Cl. The zero-order valence-electron chi connectivity index (χ0n) is 10.3. The first kappa shape index (κ1) is 13.2. The van der Waals surface area contributed by atoms with E-state index in [4.69, 9.17) is 23.2 Å². The highest BCUT2D eigenvalue weighted by Crippen LogP contribution is 2.29. The Kier molecular flexibility index (Phi) is 4.15. The van der Waals surface area contributed by atoms with Gasteiger partial charge in [-0.15, -0.1) is 0 Å². The van der Waals surface area contributed by atoms with Crippen LogP contribution in [0.15, 0.2) is 30.7 Å². The van der Waals surface area contributed by atoms with E-state index >= 15 is 0 Å². The predicted molar refractivity (Wildman–Crippen MR) is 76.4 cm³/mol. The second kappa shape index (κ2) is 5.63. The largest absolute Gasteiger partial charge is 0.378 e. The van der Waals surface area contributed by atoms with Gasteiger partial charge in [-0.2, -0.15) is 0 Å². The monoisotopic (exact) mass is 283 g/mol. The van der Waals surface area contributed by atoms with Crippen LogP contribution in [-0.2, 0) is 6.54 Å². The van der Waals surface area contributed by atoms with Gasteiger partial charge in [0.15, 0.2) is 0 Å².